The molecule has 0 aliphatic carbocycles. The van der Waals surface area contributed by atoms with Crippen LogP contribution in [0.4, 0.5) is 4.39 Å². The molecule has 114 valence electrons. The molecule has 1 aromatic carbocycles. The van der Waals surface area contributed by atoms with Gasteiger partial charge in [0.05, 0.1) is 5.02 Å². The first-order valence-corrected chi connectivity index (χ1v) is 7.63. The molecule has 0 amide bonds. The maximum absolute atomic E-state index is 13.4. The summed E-state index contributed by atoms with van der Waals surface area (Å²) in [5.74, 6) is 0.109. The Hall–Kier alpha value is -0.350. The number of hydrogen-bond acceptors (Lipinski definition) is 2. The second kappa shape index (κ2) is 8.83. The third-order valence-corrected chi connectivity index (χ3v) is 3.49. The number of halogens is 3. The molecule has 20 heavy (non-hydrogen) atoms. The van der Waals surface area contributed by atoms with Crippen LogP contribution in [0.5, 0.6) is 0 Å². The molecular formula is C15H22Cl2FNO. The van der Waals surface area contributed by atoms with Crippen LogP contribution in [-0.4, -0.2) is 19.8 Å². The molecule has 0 heterocycles. The Morgan fingerprint density at radius 2 is 1.90 bits per heavy atom. The normalized spacial score (nSPS) is 12.9. The zero-order valence-corrected chi connectivity index (χ0v) is 13.7. The highest BCUT2D eigenvalue weighted by molar-refractivity contribution is 6.35. The van der Waals surface area contributed by atoms with E-state index in [-0.39, 0.29) is 11.1 Å². The molecule has 0 fully saturated rings. The van der Waals surface area contributed by atoms with E-state index in [2.05, 4.69) is 19.2 Å². The number of benzene rings is 1. The highest BCUT2D eigenvalue weighted by Gasteiger charge is 2.12. The third-order valence-electron chi connectivity index (χ3n) is 2.87. The Kier molecular flexibility index (Phi) is 7.82. The quantitative estimate of drug-likeness (QED) is 0.546. The lowest BCUT2D eigenvalue weighted by Gasteiger charge is -2.16. The molecule has 0 bridgehead atoms. The Morgan fingerprint density at radius 3 is 2.55 bits per heavy atom. The Bertz CT molecular complexity index is 427. The average molecular weight is 322 g/mol. The highest BCUT2D eigenvalue weighted by Crippen LogP contribution is 2.28. The molecular weight excluding hydrogens is 300 g/mol. The Labute approximate surface area is 130 Å². The summed E-state index contributed by atoms with van der Waals surface area (Å²) >= 11 is 11.8. The van der Waals surface area contributed by atoms with Gasteiger partial charge in [-0.3, -0.25) is 0 Å². The van der Waals surface area contributed by atoms with Gasteiger partial charge in [-0.2, -0.15) is 0 Å². The summed E-state index contributed by atoms with van der Waals surface area (Å²) in [5.41, 5.74) is 0.719. The Morgan fingerprint density at radius 1 is 1.20 bits per heavy atom. The van der Waals surface area contributed by atoms with Crippen LogP contribution >= 0.6 is 23.2 Å². The van der Waals surface area contributed by atoms with Crippen molar-refractivity contribution >= 4 is 23.2 Å². The molecule has 0 radical (unpaired) electrons. The fourth-order valence-corrected chi connectivity index (χ4v) is 2.34. The summed E-state index contributed by atoms with van der Waals surface area (Å²) in [6, 6.07) is 2.80. The van der Waals surface area contributed by atoms with Gasteiger partial charge in [0, 0.05) is 24.3 Å². The van der Waals surface area contributed by atoms with Crippen molar-refractivity contribution in [1.82, 2.24) is 5.32 Å². The minimum absolute atomic E-state index is 0.0284. The molecule has 1 rings (SSSR count). The van der Waals surface area contributed by atoms with Crippen molar-refractivity contribution in [2.45, 2.75) is 33.2 Å². The van der Waals surface area contributed by atoms with Gasteiger partial charge in [0.1, 0.15) is 5.82 Å². The van der Waals surface area contributed by atoms with Crippen molar-refractivity contribution in [3.05, 3.63) is 33.6 Å². The maximum Gasteiger partial charge on any atom is 0.142 e. The molecule has 1 unspecified atom stereocenters. The largest absolute Gasteiger partial charge is 0.381 e. The van der Waals surface area contributed by atoms with Gasteiger partial charge in [-0.25, -0.2) is 4.39 Å². The van der Waals surface area contributed by atoms with Crippen LogP contribution in [0.1, 0.15) is 38.8 Å². The zero-order chi connectivity index (χ0) is 15.1. The predicted octanol–water partition coefficient (Wildman–Crippen LogP) is 4.85. The van der Waals surface area contributed by atoms with Gasteiger partial charge in [-0.15, -0.1) is 0 Å². The molecule has 0 aliphatic heterocycles. The topological polar surface area (TPSA) is 21.3 Å². The SMILES string of the molecule is CC(C)COCCCNC(C)c1cc(F)c(Cl)cc1Cl. The lowest BCUT2D eigenvalue weighted by Crippen LogP contribution is -2.21. The van der Waals surface area contributed by atoms with E-state index in [0.29, 0.717) is 10.9 Å². The second-order valence-corrected chi connectivity index (χ2v) is 6.10. The molecule has 1 N–H and O–H groups in total. The molecule has 0 saturated heterocycles. The molecule has 5 heteroatoms. The summed E-state index contributed by atoms with van der Waals surface area (Å²) in [4.78, 5) is 0. The first-order chi connectivity index (χ1) is 9.41. The lowest BCUT2D eigenvalue weighted by atomic mass is 10.1. The van der Waals surface area contributed by atoms with E-state index in [9.17, 15) is 4.39 Å². The van der Waals surface area contributed by atoms with Crippen LogP contribution in [0.25, 0.3) is 0 Å². The number of ether oxygens (including phenoxy) is 1. The molecule has 1 aromatic rings. The summed E-state index contributed by atoms with van der Waals surface area (Å²) in [6.07, 6.45) is 0.907. The molecule has 0 spiro atoms. The number of hydrogen-bond donors (Lipinski definition) is 1. The van der Waals surface area contributed by atoms with Gasteiger partial charge >= 0.3 is 0 Å². The second-order valence-electron chi connectivity index (χ2n) is 5.29. The van der Waals surface area contributed by atoms with Crippen molar-refractivity contribution in [2.24, 2.45) is 5.92 Å². The molecule has 0 aromatic heterocycles. The van der Waals surface area contributed by atoms with Gasteiger partial charge in [-0.05, 0) is 43.5 Å². The number of rotatable bonds is 8. The summed E-state index contributed by atoms with van der Waals surface area (Å²) in [7, 11) is 0. The van der Waals surface area contributed by atoms with E-state index in [1.165, 1.54) is 12.1 Å². The van der Waals surface area contributed by atoms with Crippen molar-refractivity contribution < 1.29 is 9.13 Å². The van der Waals surface area contributed by atoms with Gasteiger partial charge in [0.25, 0.3) is 0 Å². The van der Waals surface area contributed by atoms with Crippen molar-refractivity contribution in [3.8, 4) is 0 Å². The fourth-order valence-electron chi connectivity index (χ4n) is 1.79. The summed E-state index contributed by atoms with van der Waals surface area (Å²) in [6.45, 7) is 8.49. The molecule has 0 saturated carbocycles. The zero-order valence-electron chi connectivity index (χ0n) is 12.2. The third kappa shape index (κ3) is 5.96. The first-order valence-electron chi connectivity index (χ1n) is 6.87. The summed E-state index contributed by atoms with van der Waals surface area (Å²) < 4.78 is 18.9. The van der Waals surface area contributed by atoms with Crippen LogP contribution in [0.15, 0.2) is 12.1 Å². The minimum Gasteiger partial charge on any atom is -0.381 e. The summed E-state index contributed by atoms with van der Waals surface area (Å²) in [5, 5.41) is 3.83. The van der Waals surface area contributed by atoms with E-state index in [0.717, 1.165) is 31.7 Å². The molecule has 2 nitrogen and oxygen atoms in total. The van der Waals surface area contributed by atoms with Gasteiger partial charge < -0.3 is 10.1 Å². The van der Waals surface area contributed by atoms with Crippen LogP contribution in [0.2, 0.25) is 10.0 Å². The van der Waals surface area contributed by atoms with E-state index < -0.39 is 5.82 Å². The highest BCUT2D eigenvalue weighted by atomic mass is 35.5. The van der Waals surface area contributed by atoms with Crippen molar-refractivity contribution in [2.75, 3.05) is 19.8 Å². The van der Waals surface area contributed by atoms with Gasteiger partial charge in [-0.1, -0.05) is 37.0 Å². The lowest BCUT2D eigenvalue weighted by molar-refractivity contribution is 0.107. The fraction of sp³-hybridized carbons (Fsp3) is 0.600. The predicted molar refractivity (Wildman–Crippen MR) is 83.1 cm³/mol. The molecule has 0 aliphatic rings. The van der Waals surface area contributed by atoms with E-state index >= 15 is 0 Å². The monoisotopic (exact) mass is 321 g/mol. The van der Waals surface area contributed by atoms with Crippen LogP contribution in [0, 0.1) is 11.7 Å². The number of nitrogens with one attached hydrogen (secondary N) is 1. The average Bonchev–Trinajstić information content (AvgIpc) is 2.37. The van der Waals surface area contributed by atoms with Crippen molar-refractivity contribution in [3.63, 3.8) is 0 Å². The van der Waals surface area contributed by atoms with Gasteiger partial charge in [0.2, 0.25) is 0 Å². The Balaban J connectivity index is 2.36. The van der Waals surface area contributed by atoms with Gasteiger partial charge in [0.15, 0.2) is 0 Å². The standard InChI is InChI=1S/C15H22Cl2FNO/c1-10(2)9-20-6-4-5-19-11(3)12-7-15(18)14(17)8-13(12)16/h7-8,10-11,19H,4-6,9H2,1-3H3. The van der Waals surface area contributed by atoms with Crippen molar-refractivity contribution in [1.29, 1.82) is 0 Å². The van der Waals surface area contributed by atoms with E-state index in [1.54, 1.807) is 0 Å². The molecule has 1 atom stereocenters. The first kappa shape index (κ1) is 17.7. The minimum atomic E-state index is -0.444. The van der Waals surface area contributed by atoms with Crippen LogP contribution in [0.3, 0.4) is 0 Å². The smallest absolute Gasteiger partial charge is 0.142 e. The van der Waals surface area contributed by atoms with E-state index in [4.69, 9.17) is 27.9 Å². The maximum atomic E-state index is 13.4. The van der Waals surface area contributed by atoms with Crippen LogP contribution in [-0.2, 0) is 4.74 Å². The van der Waals surface area contributed by atoms with Crippen LogP contribution < -0.4 is 5.32 Å². The van der Waals surface area contributed by atoms with E-state index in [1.807, 2.05) is 6.92 Å².